The highest BCUT2D eigenvalue weighted by Crippen LogP contribution is 2.68. The minimum absolute atomic E-state index is 0.320. The highest BCUT2D eigenvalue weighted by atomic mass is 14.9. The van der Waals surface area contributed by atoms with Gasteiger partial charge in [-0.3, -0.25) is 9.97 Å². The first kappa shape index (κ1) is 28.1. The number of hydrogen-bond acceptors (Lipinski definition) is 3. The van der Waals surface area contributed by atoms with Gasteiger partial charge in [0.25, 0.3) is 0 Å². The fourth-order valence-electron chi connectivity index (χ4n) is 10.1. The van der Waals surface area contributed by atoms with Crippen molar-refractivity contribution in [2.75, 3.05) is 0 Å². The molecule has 0 N–H and O–H groups in total. The Kier molecular flexibility index (Phi) is 6.24. The average molecular weight is 602 g/mol. The number of hydrogen-bond donors (Lipinski definition) is 0. The van der Waals surface area contributed by atoms with Crippen LogP contribution in [0.5, 0.6) is 0 Å². The summed E-state index contributed by atoms with van der Waals surface area (Å²) in [4.78, 5) is 16.1. The summed E-state index contributed by atoms with van der Waals surface area (Å²) >= 11 is 0. The van der Waals surface area contributed by atoms with E-state index in [1.54, 1.807) is 0 Å². The summed E-state index contributed by atoms with van der Waals surface area (Å²) in [5.74, 6) is 3.37. The number of pyridine rings is 3. The Morgan fingerprint density at radius 2 is 0.891 bits per heavy atom. The van der Waals surface area contributed by atoms with Crippen LogP contribution >= 0.6 is 0 Å². The molecule has 11 rings (SSSR count). The Morgan fingerprint density at radius 3 is 1.30 bits per heavy atom. The quantitative estimate of drug-likeness (QED) is 0.194. The second-order valence-corrected chi connectivity index (χ2v) is 15.8. The lowest BCUT2D eigenvalue weighted by Crippen LogP contribution is -2.51. The molecule has 3 nitrogen and oxygen atoms in total. The molecular weight excluding hydrogens is 558 g/mol. The molecule has 0 amide bonds. The van der Waals surface area contributed by atoms with Crippen LogP contribution in [-0.4, -0.2) is 15.0 Å². The Hall–Kier alpha value is -4.11. The molecule has 0 spiro atoms. The topological polar surface area (TPSA) is 38.7 Å². The Balaban J connectivity index is 1.07. The van der Waals surface area contributed by atoms with E-state index in [4.69, 9.17) is 15.0 Å². The minimum Gasteiger partial charge on any atom is -0.251 e. The molecule has 0 saturated heterocycles. The van der Waals surface area contributed by atoms with Gasteiger partial charge < -0.3 is 0 Å². The molecule has 3 heterocycles. The fourth-order valence-corrected chi connectivity index (χ4v) is 10.1. The maximum Gasteiger partial charge on any atom is 0.0894 e. The SMILES string of the molecule is CC1(C)C2CC1C(Cc1ccccc1)c1nc(-c3cccc(-c4ccc5c(n4)C(Cc4ccccc4)C4CC5C4(C)C)n3)ccc12. The van der Waals surface area contributed by atoms with Crippen LogP contribution in [0.25, 0.3) is 22.8 Å². The smallest absolute Gasteiger partial charge is 0.0894 e. The second kappa shape index (κ2) is 10.2. The van der Waals surface area contributed by atoms with Gasteiger partial charge in [-0.15, -0.1) is 0 Å². The van der Waals surface area contributed by atoms with E-state index in [0.717, 1.165) is 35.6 Å². The number of aromatic nitrogens is 3. The van der Waals surface area contributed by atoms with Crippen LogP contribution in [0, 0.1) is 22.7 Å². The first-order chi connectivity index (χ1) is 22.3. The van der Waals surface area contributed by atoms with Crippen LogP contribution in [0.3, 0.4) is 0 Å². The number of rotatable bonds is 6. The molecule has 5 aromatic rings. The molecule has 2 fully saturated rings. The Bertz CT molecular complexity index is 1800. The number of nitrogens with zero attached hydrogens (tertiary/aromatic N) is 3. The van der Waals surface area contributed by atoms with E-state index < -0.39 is 0 Å². The highest BCUT2D eigenvalue weighted by molar-refractivity contribution is 5.64. The van der Waals surface area contributed by atoms with Gasteiger partial charge in [0.05, 0.1) is 22.8 Å². The van der Waals surface area contributed by atoms with E-state index in [2.05, 4.69) is 131 Å². The monoisotopic (exact) mass is 601 g/mol. The molecule has 230 valence electrons. The van der Waals surface area contributed by atoms with Gasteiger partial charge in [0.2, 0.25) is 0 Å². The van der Waals surface area contributed by atoms with Gasteiger partial charge in [0.1, 0.15) is 0 Å². The van der Waals surface area contributed by atoms with Gasteiger partial charge >= 0.3 is 0 Å². The Morgan fingerprint density at radius 1 is 0.478 bits per heavy atom. The Labute approximate surface area is 273 Å². The van der Waals surface area contributed by atoms with Crippen LogP contribution in [0.2, 0.25) is 0 Å². The standard InChI is InChI=1S/C43H43N3/c1-42(2)32-24-34(42)30(22-26-12-7-5-8-13-26)40-28(32)18-20-38(45-40)36-16-11-17-37(44-36)39-21-19-29-33-25-35(43(33,3)4)31(41(29)46-39)23-27-14-9-6-10-15-27/h5-21,30-35H,22-25H2,1-4H3. The van der Waals surface area contributed by atoms with Crippen LogP contribution in [0.4, 0.5) is 0 Å². The van der Waals surface area contributed by atoms with Gasteiger partial charge in [-0.05, 0) is 107 Å². The van der Waals surface area contributed by atoms with Crippen molar-refractivity contribution in [3.63, 3.8) is 0 Å². The fraction of sp³-hybridized carbons (Fsp3) is 0.372. The second-order valence-electron chi connectivity index (χ2n) is 15.8. The molecule has 2 saturated carbocycles. The minimum atomic E-state index is 0.320. The largest absolute Gasteiger partial charge is 0.251 e. The van der Waals surface area contributed by atoms with Gasteiger partial charge in [-0.25, -0.2) is 4.98 Å². The molecule has 6 aliphatic carbocycles. The highest BCUT2D eigenvalue weighted by Gasteiger charge is 2.58. The van der Waals surface area contributed by atoms with Crippen molar-refractivity contribution < 1.29 is 0 Å². The normalized spacial score (nSPS) is 27.5. The van der Waals surface area contributed by atoms with Gasteiger partial charge in [-0.2, -0.15) is 0 Å². The van der Waals surface area contributed by atoms with Crippen molar-refractivity contribution in [2.45, 2.75) is 77.0 Å². The molecule has 4 bridgehead atoms. The molecule has 6 atom stereocenters. The van der Waals surface area contributed by atoms with Crippen molar-refractivity contribution in [2.24, 2.45) is 22.7 Å². The summed E-state index contributed by atoms with van der Waals surface area (Å²) in [5.41, 5.74) is 12.8. The zero-order chi connectivity index (χ0) is 31.2. The summed E-state index contributed by atoms with van der Waals surface area (Å²) < 4.78 is 0. The molecule has 2 aromatic carbocycles. The third-order valence-electron chi connectivity index (χ3n) is 12.9. The third kappa shape index (κ3) is 4.20. The lowest BCUT2D eigenvalue weighted by molar-refractivity contribution is -0.00749. The van der Waals surface area contributed by atoms with Crippen LogP contribution < -0.4 is 0 Å². The first-order valence-electron chi connectivity index (χ1n) is 17.4. The van der Waals surface area contributed by atoms with E-state index in [0.29, 0.717) is 46.3 Å². The van der Waals surface area contributed by atoms with E-state index in [1.165, 1.54) is 46.5 Å². The van der Waals surface area contributed by atoms with Crippen molar-refractivity contribution >= 4 is 0 Å². The molecule has 0 aliphatic heterocycles. The van der Waals surface area contributed by atoms with E-state index in [1.807, 2.05) is 0 Å². The summed E-state index contributed by atoms with van der Waals surface area (Å²) in [6, 6.07) is 37.5. The maximum absolute atomic E-state index is 5.42. The van der Waals surface area contributed by atoms with Crippen LogP contribution in [0.15, 0.2) is 103 Å². The van der Waals surface area contributed by atoms with Crippen molar-refractivity contribution in [3.05, 3.63) is 137 Å². The average Bonchev–Trinajstić information content (AvgIpc) is 3.08. The molecule has 3 aromatic heterocycles. The predicted octanol–water partition coefficient (Wildman–Crippen LogP) is 10.1. The third-order valence-corrected chi connectivity index (χ3v) is 12.9. The lowest BCUT2D eigenvalue weighted by Gasteiger charge is -2.60. The molecule has 3 heteroatoms. The maximum atomic E-state index is 5.42. The molecule has 0 radical (unpaired) electrons. The van der Waals surface area contributed by atoms with E-state index >= 15 is 0 Å². The van der Waals surface area contributed by atoms with E-state index in [-0.39, 0.29) is 0 Å². The van der Waals surface area contributed by atoms with Crippen molar-refractivity contribution in [1.29, 1.82) is 0 Å². The molecular formula is C43H43N3. The van der Waals surface area contributed by atoms with E-state index in [9.17, 15) is 0 Å². The van der Waals surface area contributed by atoms with Gasteiger partial charge in [0.15, 0.2) is 0 Å². The van der Waals surface area contributed by atoms with Crippen molar-refractivity contribution in [3.8, 4) is 22.8 Å². The zero-order valence-electron chi connectivity index (χ0n) is 27.4. The molecule has 6 unspecified atom stereocenters. The van der Waals surface area contributed by atoms with Gasteiger partial charge in [0, 0.05) is 23.2 Å². The molecule has 6 aliphatic rings. The number of benzene rings is 2. The lowest BCUT2D eigenvalue weighted by atomic mass is 9.44. The zero-order valence-corrected chi connectivity index (χ0v) is 27.4. The van der Waals surface area contributed by atoms with Gasteiger partial charge in [-0.1, -0.05) is 107 Å². The van der Waals surface area contributed by atoms with Crippen LogP contribution in [0.1, 0.15) is 97.8 Å². The first-order valence-corrected chi connectivity index (χ1v) is 17.4. The molecule has 46 heavy (non-hydrogen) atoms. The predicted molar refractivity (Wildman–Crippen MR) is 186 cm³/mol. The summed E-state index contributed by atoms with van der Waals surface area (Å²) in [5, 5.41) is 0. The summed E-state index contributed by atoms with van der Waals surface area (Å²) in [7, 11) is 0. The summed E-state index contributed by atoms with van der Waals surface area (Å²) in [6.07, 6.45) is 4.64. The van der Waals surface area contributed by atoms with Crippen molar-refractivity contribution in [1.82, 2.24) is 15.0 Å². The summed E-state index contributed by atoms with van der Waals surface area (Å²) in [6.45, 7) is 9.86. The van der Waals surface area contributed by atoms with Crippen LogP contribution in [-0.2, 0) is 12.8 Å².